The van der Waals surface area contributed by atoms with Crippen LogP contribution in [0.5, 0.6) is 0 Å². The lowest BCUT2D eigenvalue weighted by molar-refractivity contribution is 0.0244. The van der Waals surface area contributed by atoms with Crippen molar-refractivity contribution in [1.29, 1.82) is 0 Å². The molecule has 0 radical (unpaired) electrons. The van der Waals surface area contributed by atoms with Gasteiger partial charge in [-0.15, -0.1) is 0 Å². The Morgan fingerprint density at radius 2 is 1.88 bits per heavy atom. The summed E-state index contributed by atoms with van der Waals surface area (Å²) >= 11 is 0. The van der Waals surface area contributed by atoms with Crippen LogP contribution >= 0.6 is 0 Å². The van der Waals surface area contributed by atoms with Crippen LogP contribution in [0.3, 0.4) is 0 Å². The Morgan fingerprint density at radius 3 is 2.41 bits per heavy atom. The lowest BCUT2D eigenvalue weighted by Gasteiger charge is -2.43. The molecule has 3 nitrogen and oxygen atoms in total. The van der Waals surface area contributed by atoms with Crippen molar-refractivity contribution in [3.05, 3.63) is 0 Å². The summed E-state index contributed by atoms with van der Waals surface area (Å²) in [6, 6.07) is 3.13. The number of ether oxygens (including phenoxy) is 1. The first-order valence-electron chi connectivity index (χ1n) is 7.42. The number of nitrogens with zero attached hydrogens (tertiary/aromatic N) is 1. The van der Waals surface area contributed by atoms with E-state index in [1.54, 1.807) is 0 Å². The van der Waals surface area contributed by atoms with Crippen LogP contribution in [0.4, 0.5) is 0 Å². The summed E-state index contributed by atoms with van der Waals surface area (Å²) in [6.45, 7) is 6.57. The highest BCUT2D eigenvalue weighted by Crippen LogP contribution is 2.40. The number of hydrogen-bond acceptors (Lipinski definition) is 3. The number of hydrogen-bond donors (Lipinski definition) is 1. The summed E-state index contributed by atoms with van der Waals surface area (Å²) in [5, 5.41) is 3.65. The maximum Gasteiger partial charge on any atom is 0.0703 e. The maximum atomic E-state index is 5.76. The molecule has 1 N–H and O–H groups in total. The largest absolute Gasteiger partial charge is 0.377 e. The third-order valence-electron chi connectivity index (χ3n) is 5.00. The van der Waals surface area contributed by atoms with Gasteiger partial charge in [-0.3, -0.25) is 4.90 Å². The van der Waals surface area contributed by atoms with Crippen LogP contribution in [0.1, 0.15) is 46.0 Å². The third kappa shape index (κ3) is 2.13. The average Bonchev–Trinajstić information content (AvgIpc) is 2.81. The van der Waals surface area contributed by atoms with Gasteiger partial charge in [-0.1, -0.05) is 6.92 Å². The minimum absolute atomic E-state index is 0.453. The van der Waals surface area contributed by atoms with E-state index in [2.05, 4.69) is 24.1 Å². The molecule has 0 aromatic rings. The van der Waals surface area contributed by atoms with Gasteiger partial charge in [-0.05, 0) is 45.6 Å². The van der Waals surface area contributed by atoms with Crippen molar-refractivity contribution in [2.24, 2.45) is 0 Å². The van der Waals surface area contributed by atoms with Gasteiger partial charge in [0.25, 0.3) is 0 Å². The van der Waals surface area contributed by atoms with Crippen molar-refractivity contribution in [3.63, 3.8) is 0 Å². The zero-order valence-electron chi connectivity index (χ0n) is 11.2. The van der Waals surface area contributed by atoms with Gasteiger partial charge in [0.15, 0.2) is 0 Å². The molecule has 3 saturated heterocycles. The summed E-state index contributed by atoms with van der Waals surface area (Å²) in [5.41, 5.74) is 0. The van der Waals surface area contributed by atoms with Gasteiger partial charge in [-0.2, -0.15) is 0 Å². The van der Waals surface area contributed by atoms with E-state index >= 15 is 0 Å². The Kier molecular flexibility index (Phi) is 3.42. The van der Waals surface area contributed by atoms with E-state index in [-0.39, 0.29) is 0 Å². The van der Waals surface area contributed by atoms with Crippen molar-refractivity contribution in [1.82, 2.24) is 10.2 Å². The van der Waals surface area contributed by atoms with Crippen LogP contribution in [-0.2, 0) is 4.74 Å². The fourth-order valence-electron chi connectivity index (χ4n) is 4.32. The quantitative estimate of drug-likeness (QED) is 0.811. The topological polar surface area (TPSA) is 24.5 Å². The minimum atomic E-state index is 0.453. The molecule has 3 rings (SSSR count). The normalized spacial score (nSPS) is 46.6. The van der Waals surface area contributed by atoms with E-state index in [1.165, 1.54) is 32.1 Å². The van der Waals surface area contributed by atoms with Crippen LogP contribution in [0.15, 0.2) is 0 Å². The zero-order valence-corrected chi connectivity index (χ0v) is 11.2. The smallest absolute Gasteiger partial charge is 0.0703 e. The second-order valence-electron chi connectivity index (χ2n) is 5.99. The Balaban J connectivity index is 1.68. The molecule has 2 bridgehead atoms. The van der Waals surface area contributed by atoms with Crippen molar-refractivity contribution >= 4 is 0 Å². The van der Waals surface area contributed by atoms with Crippen molar-refractivity contribution in [3.8, 4) is 0 Å². The lowest BCUT2D eigenvalue weighted by atomic mass is 9.94. The second-order valence-corrected chi connectivity index (χ2v) is 5.99. The molecule has 3 heteroatoms. The average molecular weight is 238 g/mol. The summed E-state index contributed by atoms with van der Waals surface area (Å²) in [5.74, 6) is 0. The maximum absolute atomic E-state index is 5.76. The van der Waals surface area contributed by atoms with Crippen LogP contribution in [0, 0.1) is 0 Å². The fraction of sp³-hybridized carbons (Fsp3) is 1.00. The van der Waals surface area contributed by atoms with Crippen molar-refractivity contribution in [2.75, 3.05) is 13.2 Å². The zero-order chi connectivity index (χ0) is 11.8. The molecule has 0 aromatic carbocycles. The van der Waals surface area contributed by atoms with Gasteiger partial charge in [0.05, 0.1) is 6.10 Å². The van der Waals surface area contributed by atoms with Crippen LogP contribution in [0.2, 0.25) is 0 Å². The van der Waals surface area contributed by atoms with Gasteiger partial charge in [0.2, 0.25) is 0 Å². The predicted molar refractivity (Wildman–Crippen MR) is 69.2 cm³/mol. The highest BCUT2D eigenvalue weighted by Gasteiger charge is 2.46. The minimum Gasteiger partial charge on any atom is -0.377 e. The molecule has 98 valence electrons. The molecule has 4 atom stereocenters. The number of nitrogens with one attached hydrogen (secondary N) is 1. The molecule has 0 amide bonds. The summed E-state index contributed by atoms with van der Waals surface area (Å²) in [7, 11) is 0. The highest BCUT2D eigenvalue weighted by atomic mass is 16.5. The molecule has 3 fully saturated rings. The fourth-order valence-corrected chi connectivity index (χ4v) is 4.32. The summed E-state index contributed by atoms with van der Waals surface area (Å²) in [4.78, 5) is 2.82. The summed E-state index contributed by atoms with van der Waals surface area (Å²) in [6.07, 6.45) is 7.24. The molecule has 3 heterocycles. The van der Waals surface area contributed by atoms with Gasteiger partial charge >= 0.3 is 0 Å². The van der Waals surface area contributed by atoms with E-state index in [9.17, 15) is 0 Å². The molecule has 0 spiro atoms. The van der Waals surface area contributed by atoms with Gasteiger partial charge in [0, 0.05) is 30.8 Å². The van der Waals surface area contributed by atoms with E-state index in [0.717, 1.165) is 31.3 Å². The van der Waals surface area contributed by atoms with Crippen molar-refractivity contribution in [2.45, 2.75) is 76.2 Å². The molecule has 17 heavy (non-hydrogen) atoms. The van der Waals surface area contributed by atoms with Crippen LogP contribution < -0.4 is 5.32 Å². The number of rotatable bonds is 3. The van der Waals surface area contributed by atoms with Gasteiger partial charge < -0.3 is 10.1 Å². The van der Waals surface area contributed by atoms with E-state index < -0.39 is 0 Å². The van der Waals surface area contributed by atoms with Crippen LogP contribution in [0.25, 0.3) is 0 Å². The third-order valence-corrected chi connectivity index (χ3v) is 5.00. The molecule has 3 aliphatic rings. The van der Waals surface area contributed by atoms with Crippen molar-refractivity contribution < 1.29 is 4.74 Å². The predicted octanol–water partition coefficient (Wildman–Crippen LogP) is 1.77. The SMILES string of the molecule is CCNC1CC2CCC(C1)N2C1CCOC1C. The summed E-state index contributed by atoms with van der Waals surface area (Å²) < 4.78 is 5.76. The molecule has 4 unspecified atom stereocenters. The first-order valence-corrected chi connectivity index (χ1v) is 7.42. The standard InChI is InChI=1S/C14H26N2O/c1-3-15-11-8-12-4-5-13(9-11)16(12)14-6-7-17-10(14)2/h10-15H,3-9H2,1-2H3. The lowest BCUT2D eigenvalue weighted by Crippen LogP contribution is -2.54. The van der Waals surface area contributed by atoms with Gasteiger partial charge in [0.1, 0.15) is 0 Å². The van der Waals surface area contributed by atoms with E-state index in [4.69, 9.17) is 4.74 Å². The number of fused-ring (bicyclic) bond motifs is 2. The molecular weight excluding hydrogens is 212 g/mol. The first-order chi connectivity index (χ1) is 8.29. The Morgan fingerprint density at radius 1 is 1.18 bits per heavy atom. The Labute approximate surface area is 105 Å². The molecule has 0 aliphatic carbocycles. The molecular formula is C14H26N2O. The van der Waals surface area contributed by atoms with Crippen LogP contribution in [-0.4, -0.2) is 48.3 Å². The second kappa shape index (κ2) is 4.87. The van der Waals surface area contributed by atoms with E-state index in [0.29, 0.717) is 12.1 Å². The Hall–Kier alpha value is -0.120. The monoisotopic (exact) mass is 238 g/mol. The number of piperidine rings is 1. The molecule has 0 saturated carbocycles. The Bertz CT molecular complexity index is 257. The highest BCUT2D eigenvalue weighted by molar-refractivity contribution is 5.02. The first kappa shape index (κ1) is 11.9. The molecule has 0 aromatic heterocycles. The van der Waals surface area contributed by atoms with E-state index in [1.807, 2.05) is 0 Å². The molecule has 3 aliphatic heterocycles. The van der Waals surface area contributed by atoms with Gasteiger partial charge in [-0.25, -0.2) is 0 Å².